The van der Waals surface area contributed by atoms with Crippen LogP contribution < -0.4 is 4.72 Å². The molecule has 17 heavy (non-hydrogen) atoms. The van der Waals surface area contributed by atoms with E-state index in [2.05, 4.69) is 14.7 Å². The molecule has 0 unspecified atom stereocenters. The van der Waals surface area contributed by atoms with Crippen LogP contribution in [-0.2, 0) is 17.1 Å². The maximum absolute atomic E-state index is 11.9. The van der Waals surface area contributed by atoms with Gasteiger partial charge in [0.25, 0.3) is 10.0 Å². The van der Waals surface area contributed by atoms with Crippen LogP contribution in [0.25, 0.3) is 0 Å². The number of nitrogens with zero attached hydrogens (tertiary/aromatic N) is 3. The highest BCUT2D eigenvalue weighted by Gasteiger charge is 2.17. The fraction of sp³-hybridized carbons (Fsp3) is 0.200. The van der Waals surface area contributed by atoms with Crippen molar-refractivity contribution >= 4 is 15.8 Å². The van der Waals surface area contributed by atoms with Gasteiger partial charge in [0.2, 0.25) is 0 Å². The first-order chi connectivity index (χ1) is 7.97. The Balaban J connectivity index is 2.29. The predicted molar refractivity (Wildman–Crippen MR) is 63.0 cm³/mol. The second kappa shape index (κ2) is 4.17. The number of nitrogens with one attached hydrogen (secondary N) is 1. The molecule has 2 heterocycles. The van der Waals surface area contributed by atoms with E-state index in [0.717, 1.165) is 5.69 Å². The van der Waals surface area contributed by atoms with Crippen molar-refractivity contribution in [2.75, 3.05) is 4.72 Å². The van der Waals surface area contributed by atoms with Crippen LogP contribution in [0.5, 0.6) is 0 Å². The maximum atomic E-state index is 11.9. The Hall–Kier alpha value is -1.89. The second-order valence-electron chi connectivity index (χ2n) is 3.65. The quantitative estimate of drug-likeness (QED) is 0.881. The summed E-state index contributed by atoms with van der Waals surface area (Å²) in [4.78, 5) is 7.86. The molecule has 0 fully saturated rings. The molecule has 0 aliphatic rings. The van der Waals surface area contributed by atoms with Gasteiger partial charge in [0.05, 0.1) is 6.33 Å². The van der Waals surface area contributed by atoms with Crippen LogP contribution >= 0.6 is 0 Å². The molecule has 0 saturated heterocycles. The summed E-state index contributed by atoms with van der Waals surface area (Å²) in [5.74, 6) is 0.288. The molecule has 0 aromatic carbocycles. The molecule has 0 bridgehead atoms. The topological polar surface area (TPSA) is 76.9 Å². The number of hydrogen-bond donors (Lipinski definition) is 1. The summed E-state index contributed by atoms with van der Waals surface area (Å²) < 4.78 is 27.7. The van der Waals surface area contributed by atoms with Crippen LogP contribution in [0.1, 0.15) is 5.69 Å². The van der Waals surface area contributed by atoms with E-state index in [1.807, 2.05) is 0 Å². The van der Waals surface area contributed by atoms with E-state index in [4.69, 9.17) is 0 Å². The van der Waals surface area contributed by atoms with Crippen LogP contribution in [0, 0.1) is 6.92 Å². The second-order valence-corrected chi connectivity index (χ2v) is 5.28. The van der Waals surface area contributed by atoms with Crippen molar-refractivity contribution in [3.05, 3.63) is 36.4 Å². The first-order valence-corrected chi connectivity index (χ1v) is 6.40. The third-order valence-electron chi connectivity index (χ3n) is 2.08. The largest absolute Gasteiger partial charge is 0.339 e. The van der Waals surface area contributed by atoms with E-state index in [1.165, 1.54) is 12.5 Å². The number of rotatable bonds is 3. The number of pyridine rings is 1. The van der Waals surface area contributed by atoms with Gasteiger partial charge in [-0.1, -0.05) is 6.07 Å². The van der Waals surface area contributed by atoms with Crippen molar-refractivity contribution < 1.29 is 8.42 Å². The highest BCUT2D eigenvalue weighted by atomic mass is 32.2. The SMILES string of the molecule is Cc1cccc(NS(=O)(=O)c2cn(C)cn2)n1. The lowest BCUT2D eigenvalue weighted by Crippen LogP contribution is -2.14. The molecule has 2 aromatic rings. The van der Waals surface area contributed by atoms with Crippen molar-refractivity contribution in [1.82, 2.24) is 14.5 Å². The van der Waals surface area contributed by atoms with E-state index in [0.29, 0.717) is 0 Å². The number of imidazole rings is 1. The summed E-state index contributed by atoms with van der Waals surface area (Å²) in [6.07, 6.45) is 2.86. The average molecular weight is 252 g/mol. The zero-order valence-corrected chi connectivity index (χ0v) is 10.3. The first kappa shape index (κ1) is 11.6. The van der Waals surface area contributed by atoms with Gasteiger partial charge in [-0.2, -0.15) is 8.42 Å². The Kier molecular flexibility index (Phi) is 2.84. The smallest absolute Gasteiger partial charge is 0.282 e. The van der Waals surface area contributed by atoms with Gasteiger partial charge in [0, 0.05) is 18.9 Å². The minimum Gasteiger partial charge on any atom is -0.339 e. The fourth-order valence-electron chi connectivity index (χ4n) is 1.32. The van der Waals surface area contributed by atoms with Gasteiger partial charge < -0.3 is 4.57 Å². The lowest BCUT2D eigenvalue weighted by molar-refractivity contribution is 0.598. The summed E-state index contributed by atoms with van der Waals surface area (Å²) >= 11 is 0. The van der Waals surface area contributed by atoms with Crippen LogP contribution in [0.15, 0.2) is 35.7 Å². The number of anilines is 1. The van der Waals surface area contributed by atoms with Gasteiger partial charge in [0.15, 0.2) is 5.03 Å². The summed E-state index contributed by atoms with van der Waals surface area (Å²) in [5, 5.41) is -0.0247. The van der Waals surface area contributed by atoms with Crippen LogP contribution in [0.4, 0.5) is 5.82 Å². The van der Waals surface area contributed by atoms with E-state index >= 15 is 0 Å². The Morgan fingerprint density at radius 1 is 1.35 bits per heavy atom. The van der Waals surface area contributed by atoms with E-state index < -0.39 is 10.0 Å². The van der Waals surface area contributed by atoms with Gasteiger partial charge in [-0.15, -0.1) is 0 Å². The lowest BCUT2D eigenvalue weighted by Gasteiger charge is -2.04. The highest BCUT2D eigenvalue weighted by molar-refractivity contribution is 7.92. The third kappa shape index (κ3) is 2.62. The van der Waals surface area contributed by atoms with Gasteiger partial charge >= 0.3 is 0 Å². The molecule has 0 saturated carbocycles. The van der Waals surface area contributed by atoms with Crippen molar-refractivity contribution in [3.8, 4) is 0 Å². The normalized spacial score (nSPS) is 11.4. The lowest BCUT2D eigenvalue weighted by atomic mass is 10.4. The molecule has 0 spiro atoms. The van der Waals surface area contributed by atoms with Crippen molar-refractivity contribution in [3.63, 3.8) is 0 Å². The first-order valence-electron chi connectivity index (χ1n) is 4.92. The van der Waals surface area contributed by atoms with Crippen LogP contribution in [0.3, 0.4) is 0 Å². The van der Waals surface area contributed by atoms with Crippen LogP contribution in [0.2, 0.25) is 0 Å². The molecule has 1 N–H and O–H groups in total. The van der Waals surface area contributed by atoms with E-state index in [1.54, 1.807) is 36.7 Å². The minimum absolute atomic E-state index is 0.0247. The van der Waals surface area contributed by atoms with Crippen LogP contribution in [-0.4, -0.2) is 23.0 Å². The van der Waals surface area contributed by atoms with Crippen molar-refractivity contribution in [1.29, 1.82) is 0 Å². The summed E-state index contributed by atoms with van der Waals surface area (Å²) in [6.45, 7) is 1.79. The molecule has 0 atom stereocenters. The number of hydrogen-bond acceptors (Lipinski definition) is 4. The highest BCUT2D eigenvalue weighted by Crippen LogP contribution is 2.12. The zero-order valence-electron chi connectivity index (χ0n) is 9.45. The molecular formula is C10H12N4O2S. The fourth-order valence-corrected chi connectivity index (χ4v) is 2.30. The Bertz CT molecular complexity index is 633. The number of aromatic nitrogens is 3. The Morgan fingerprint density at radius 2 is 2.12 bits per heavy atom. The number of sulfonamides is 1. The Labute approximate surface area is 99.4 Å². The van der Waals surface area contributed by atoms with E-state index in [-0.39, 0.29) is 10.8 Å². The molecule has 0 amide bonds. The number of aryl methyl sites for hydroxylation is 2. The third-order valence-corrected chi connectivity index (χ3v) is 3.32. The molecule has 2 rings (SSSR count). The molecule has 90 valence electrons. The van der Waals surface area contributed by atoms with Gasteiger partial charge in [0.1, 0.15) is 5.82 Å². The molecule has 0 aliphatic heterocycles. The standard InChI is InChI=1S/C10H12N4O2S/c1-8-4-3-5-9(12-8)13-17(15,16)10-6-14(2)7-11-10/h3-7H,1-2H3,(H,12,13). The van der Waals surface area contributed by atoms with Gasteiger partial charge in [-0.25, -0.2) is 9.97 Å². The average Bonchev–Trinajstić information content (AvgIpc) is 2.65. The molecule has 0 radical (unpaired) electrons. The van der Waals surface area contributed by atoms with Crippen molar-refractivity contribution in [2.24, 2.45) is 7.05 Å². The van der Waals surface area contributed by atoms with Gasteiger partial charge in [-0.05, 0) is 19.1 Å². The minimum atomic E-state index is -3.65. The summed E-state index contributed by atoms with van der Waals surface area (Å²) in [5.41, 5.74) is 0.742. The summed E-state index contributed by atoms with van der Waals surface area (Å²) in [7, 11) is -1.95. The molecule has 0 aliphatic carbocycles. The molecule has 2 aromatic heterocycles. The zero-order chi connectivity index (χ0) is 12.5. The van der Waals surface area contributed by atoms with E-state index in [9.17, 15) is 8.42 Å². The Morgan fingerprint density at radius 3 is 2.71 bits per heavy atom. The predicted octanol–water partition coefficient (Wildman–Crippen LogP) is 0.924. The summed E-state index contributed by atoms with van der Waals surface area (Å²) in [6, 6.07) is 5.12. The maximum Gasteiger partial charge on any atom is 0.282 e. The molecular weight excluding hydrogens is 240 g/mol. The molecule has 7 heteroatoms. The molecule has 6 nitrogen and oxygen atoms in total. The van der Waals surface area contributed by atoms with Gasteiger partial charge in [-0.3, -0.25) is 4.72 Å². The van der Waals surface area contributed by atoms with Crippen molar-refractivity contribution in [2.45, 2.75) is 11.9 Å². The monoisotopic (exact) mass is 252 g/mol.